The first-order chi connectivity index (χ1) is 13.7. The molecular weight excluding hydrogens is 374 g/mol. The number of carbonyl (C=O) groups excluding carboxylic acids is 1. The molecule has 0 aliphatic carbocycles. The fourth-order valence-corrected chi connectivity index (χ4v) is 3.19. The van der Waals surface area contributed by atoms with Gasteiger partial charge in [-0.05, 0) is 36.4 Å². The van der Waals surface area contributed by atoms with Gasteiger partial charge in [0.1, 0.15) is 5.75 Å². The standard InChI is InChI=1S/C22H16ClN3O2/c1-28-20-11-5-3-8-15(20)19-13-16(14-7-2-4-9-17(14)25-19)22(27)26-18-10-6-12-24-21(18)23/h2-13H,1H3,(H,26,27). The number of carbonyl (C=O) groups is 1. The lowest BCUT2D eigenvalue weighted by Gasteiger charge is -2.13. The number of pyridine rings is 2. The van der Waals surface area contributed by atoms with Gasteiger partial charge in [0.2, 0.25) is 0 Å². The number of para-hydroxylation sites is 2. The number of rotatable bonds is 4. The number of aromatic nitrogens is 2. The Morgan fingerprint density at radius 2 is 1.82 bits per heavy atom. The summed E-state index contributed by atoms with van der Waals surface area (Å²) in [5.74, 6) is 0.400. The van der Waals surface area contributed by atoms with E-state index in [4.69, 9.17) is 21.3 Å². The summed E-state index contributed by atoms with van der Waals surface area (Å²) in [5, 5.41) is 3.82. The molecule has 2 aromatic carbocycles. The van der Waals surface area contributed by atoms with Crippen LogP contribution in [0.15, 0.2) is 72.9 Å². The molecular formula is C22H16ClN3O2. The number of halogens is 1. The largest absolute Gasteiger partial charge is 0.496 e. The summed E-state index contributed by atoms with van der Waals surface area (Å²) in [6.45, 7) is 0. The van der Waals surface area contributed by atoms with Crippen molar-refractivity contribution in [2.75, 3.05) is 12.4 Å². The van der Waals surface area contributed by atoms with Gasteiger partial charge in [0.25, 0.3) is 5.91 Å². The monoisotopic (exact) mass is 389 g/mol. The van der Waals surface area contributed by atoms with E-state index in [9.17, 15) is 4.79 Å². The molecule has 0 aliphatic rings. The molecule has 2 aromatic heterocycles. The van der Waals surface area contributed by atoms with Crippen molar-refractivity contribution in [1.29, 1.82) is 0 Å². The van der Waals surface area contributed by atoms with E-state index in [-0.39, 0.29) is 11.1 Å². The summed E-state index contributed by atoms with van der Waals surface area (Å²) < 4.78 is 5.46. The number of methoxy groups -OCH3 is 1. The van der Waals surface area contributed by atoms with Crippen LogP contribution in [-0.2, 0) is 0 Å². The molecule has 1 amide bonds. The van der Waals surface area contributed by atoms with Gasteiger partial charge in [-0.15, -0.1) is 0 Å². The van der Waals surface area contributed by atoms with Crippen molar-refractivity contribution in [3.63, 3.8) is 0 Å². The van der Waals surface area contributed by atoms with Crippen LogP contribution in [-0.4, -0.2) is 23.0 Å². The number of nitrogens with one attached hydrogen (secondary N) is 1. The Bertz CT molecular complexity index is 1180. The van der Waals surface area contributed by atoms with Crippen molar-refractivity contribution >= 4 is 34.1 Å². The summed E-state index contributed by atoms with van der Waals surface area (Å²) in [7, 11) is 1.61. The number of hydrogen-bond donors (Lipinski definition) is 1. The predicted molar refractivity (Wildman–Crippen MR) is 111 cm³/mol. The van der Waals surface area contributed by atoms with Crippen LogP contribution in [0.2, 0.25) is 5.15 Å². The Kier molecular flexibility index (Phi) is 4.91. The van der Waals surface area contributed by atoms with Crippen molar-refractivity contribution < 1.29 is 9.53 Å². The number of ether oxygens (including phenoxy) is 1. The average Bonchev–Trinajstić information content (AvgIpc) is 2.74. The Labute approximate surface area is 167 Å². The second-order valence-corrected chi connectivity index (χ2v) is 6.43. The van der Waals surface area contributed by atoms with Crippen LogP contribution in [0.25, 0.3) is 22.2 Å². The molecule has 0 aliphatic heterocycles. The van der Waals surface area contributed by atoms with E-state index < -0.39 is 0 Å². The van der Waals surface area contributed by atoms with E-state index in [2.05, 4.69) is 10.3 Å². The van der Waals surface area contributed by atoms with Crippen LogP contribution in [0.1, 0.15) is 10.4 Å². The average molecular weight is 390 g/mol. The van der Waals surface area contributed by atoms with E-state index in [0.717, 1.165) is 10.9 Å². The third kappa shape index (κ3) is 3.40. The lowest BCUT2D eigenvalue weighted by molar-refractivity contribution is 0.102. The molecule has 28 heavy (non-hydrogen) atoms. The number of anilines is 1. The molecule has 5 nitrogen and oxygen atoms in total. The first-order valence-corrected chi connectivity index (χ1v) is 9.00. The molecule has 0 saturated heterocycles. The second kappa shape index (κ2) is 7.66. The lowest BCUT2D eigenvalue weighted by atomic mass is 10.0. The Hall–Kier alpha value is -3.44. The Morgan fingerprint density at radius 1 is 1.04 bits per heavy atom. The minimum Gasteiger partial charge on any atom is -0.496 e. The van der Waals surface area contributed by atoms with Gasteiger partial charge in [-0.3, -0.25) is 4.79 Å². The van der Waals surface area contributed by atoms with Gasteiger partial charge in [0, 0.05) is 17.1 Å². The summed E-state index contributed by atoms with van der Waals surface area (Å²) in [6, 6.07) is 20.3. The van der Waals surface area contributed by atoms with Gasteiger partial charge in [-0.2, -0.15) is 0 Å². The zero-order chi connectivity index (χ0) is 19.5. The molecule has 0 saturated carbocycles. The van der Waals surface area contributed by atoms with Crippen molar-refractivity contribution in [3.8, 4) is 17.0 Å². The van der Waals surface area contributed by atoms with Gasteiger partial charge in [0.05, 0.1) is 29.6 Å². The maximum Gasteiger partial charge on any atom is 0.256 e. The van der Waals surface area contributed by atoms with Gasteiger partial charge < -0.3 is 10.1 Å². The number of nitrogens with zero attached hydrogens (tertiary/aromatic N) is 2. The maximum atomic E-state index is 13.1. The second-order valence-electron chi connectivity index (χ2n) is 6.07. The highest BCUT2D eigenvalue weighted by molar-refractivity contribution is 6.32. The smallest absolute Gasteiger partial charge is 0.256 e. The number of benzene rings is 2. The molecule has 0 spiro atoms. The van der Waals surface area contributed by atoms with E-state index in [1.165, 1.54) is 0 Å². The molecule has 4 aromatic rings. The molecule has 0 unspecified atom stereocenters. The van der Waals surface area contributed by atoms with Gasteiger partial charge >= 0.3 is 0 Å². The van der Waals surface area contributed by atoms with Crippen LogP contribution < -0.4 is 10.1 Å². The van der Waals surface area contributed by atoms with E-state index >= 15 is 0 Å². The van der Waals surface area contributed by atoms with Crippen LogP contribution >= 0.6 is 11.6 Å². The van der Waals surface area contributed by atoms with Crippen LogP contribution in [0.3, 0.4) is 0 Å². The Balaban J connectivity index is 1.85. The fraction of sp³-hybridized carbons (Fsp3) is 0.0455. The maximum absolute atomic E-state index is 13.1. The number of amides is 1. The summed E-state index contributed by atoms with van der Waals surface area (Å²) in [4.78, 5) is 21.8. The summed E-state index contributed by atoms with van der Waals surface area (Å²) in [6.07, 6.45) is 1.57. The van der Waals surface area contributed by atoms with Crippen molar-refractivity contribution in [1.82, 2.24) is 9.97 Å². The topological polar surface area (TPSA) is 64.1 Å². The van der Waals surface area contributed by atoms with Crippen molar-refractivity contribution in [3.05, 3.63) is 83.6 Å². The van der Waals surface area contributed by atoms with E-state index in [1.807, 2.05) is 48.5 Å². The minimum atomic E-state index is -0.287. The number of fused-ring (bicyclic) bond motifs is 1. The first-order valence-electron chi connectivity index (χ1n) is 8.62. The van der Waals surface area contributed by atoms with Crippen LogP contribution in [0.5, 0.6) is 5.75 Å². The van der Waals surface area contributed by atoms with Crippen molar-refractivity contribution in [2.24, 2.45) is 0 Å². The van der Waals surface area contributed by atoms with E-state index in [0.29, 0.717) is 28.2 Å². The summed E-state index contributed by atoms with van der Waals surface area (Å²) >= 11 is 6.09. The van der Waals surface area contributed by atoms with Gasteiger partial charge in [0.15, 0.2) is 5.15 Å². The molecule has 0 bridgehead atoms. The molecule has 2 heterocycles. The fourth-order valence-electron chi connectivity index (χ4n) is 3.03. The molecule has 0 fully saturated rings. The molecule has 6 heteroatoms. The molecule has 138 valence electrons. The highest BCUT2D eigenvalue weighted by atomic mass is 35.5. The zero-order valence-electron chi connectivity index (χ0n) is 15.0. The zero-order valence-corrected chi connectivity index (χ0v) is 15.8. The van der Waals surface area contributed by atoms with Gasteiger partial charge in [-0.25, -0.2) is 9.97 Å². The highest BCUT2D eigenvalue weighted by Crippen LogP contribution is 2.31. The third-order valence-corrected chi connectivity index (χ3v) is 4.65. The molecule has 0 atom stereocenters. The predicted octanol–water partition coefficient (Wildman–Crippen LogP) is 5.21. The number of hydrogen-bond acceptors (Lipinski definition) is 4. The van der Waals surface area contributed by atoms with Gasteiger partial charge in [-0.1, -0.05) is 41.9 Å². The minimum absolute atomic E-state index is 0.235. The molecule has 0 radical (unpaired) electrons. The molecule has 1 N–H and O–H groups in total. The molecule has 4 rings (SSSR count). The quantitative estimate of drug-likeness (QED) is 0.486. The van der Waals surface area contributed by atoms with Crippen molar-refractivity contribution in [2.45, 2.75) is 0 Å². The summed E-state index contributed by atoms with van der Waals surface area (Å²) in [5.41, 5.74) is 3.12. The third-order valence-electron chi connectivity index (χ3n) is 4.35. The van der Waals surface area contributed by atoms with Crippen LogP contribution in [0, 0.1) is 0 Å². The normalized spacial score (nSPS) is 10.6. The lowest BCUT2D eigenvalue weighted by Crippen LogP contribution is -2.13. The van der Waals surface area contributed by atoms with E-state index in [1.54, 1.807) is 31.5 Å². The van der Waals surface area contributed by atoms with Crippen LogP contribution in [0.4, 0.5) is 5.69 Å². The highest BCUT2D eigenvalue weighted by Gasteiger charge is 2.16. The first kappa shape index (κ1) is 17.9. The SMILES string of the molecule is COc1ccccc1-c1cc(C(=O)Nc2cccnc2Cl)c2ccccc2n1. The Morgan fingerprint density at radius 3 is 2.64 bits per heavy atom.